The molecule has 0 aliphatic heterocycles. The summed E-state index contributed by atoms with van der Waals surface area (Å²) in [6, 6.07) is 7.88. The second-order valence-electron chi connectivity index (χ2n) is 5.44. The molecule has 0 radical (unpaired) electrons. The molecule has 1 aromatic heterocycles. The number of hydrogen-bond donors (Lipinski definition) is 0. The average molecular weight is 523 g/mol. The van der Waals surface area contributed by atoms with Crippen molar-refractivity contribution in [3.63, 3.8) is 0 Å². The van der Waals surface area contributed by atoms with Gasteiger partial charge < -0.3 is 0 Å². The molecule has 0 bridgehead atoms. The zero-order valence-corrected chi connectivity index (χ0v) is 17.4. The number of aromatic nitrogens is 1. The summed E-state index contributed by atoms with van der Waals surface area (Å²) in [5.41, 5.74) is -0.440. The molecule has 0 amide bonds. The molecule has 12 heteroatoms. The van der Waals surface area contributed by atoms with Crippen molar-refractivity contribution in [3.05, 3.63) is 88.8 Å². The fourth-order valence-electron chi connectivity index (χ4n) is 2.11. The number of nitrogens with zero attached hydrogens (tertiary/aromatic N) is 3. The fraction of sp³-hybridized carbons (Fsp3) is 0. The number of halogens is 8. The second kappa shape index (κ2) is 11.8. The van der Waals surface area contributed by atoms with E-state index < -0.39 is 46.3 Å². The van der Waals surface area contributed by atoms with E-state index in [-0.39, 0.29) is 11.4 Å². The Bertz CT molecular complexity index is 1050. The summed E-state index contributed by atoms with van der Waals surface area (Å²) >= 11 is 0.569. The Kier molecular flexibility index (Phi) is 9.49. The van der Waals surface area contributed by atoms with Gasteiger partial charge in [-0.1, -0.05) is 6.07 Å². The maximum atomic E-state index is 13.6. The Morgan fingerprint density at radius 1 is 0.645 bits per heavy atom. The van der Waals surface area contributed by atoms with Crippen molar-refractivity contribution in [1.82, 2.24) is 4.98 Å². The Morgan fingerprint density at radius 3 is 1.42 bits per heavy atom. The van der Waals surface area contributed by atoms with E-state index in [1.807, 2.05) is 0 Å². The van der Waals surface area contributed by atoms with Crippen molar-refractivity contribution in [2.75, 3.05) is 0 Å². The van der Waals surface area contributed by atoms with Crippen molar-refractivity contribution in [1.29, 1.82) is 0 Å². The predicted octanol–water partition coefficient (Wildman–Crippen LogP) is 6.79. The first-order chi connectivity index (χ1) is 14.8. The van der Waals surface area contributed by atoms with Crippen LogP contribution in [0.25, 0.3) is 0 Å². The molecule has 31 heavy (non-hydrogen) atoms. The van der Waals surface area contributed by atoms with Crippen LogP contribution in [0.5, 0.6) is 0 Å². The molecule has 3 nitrogen and oxygen atoms in total. The quantitative estimate of drug-likeness (QED) is 0.161. The van der Waals surface area contributed by atoms with Crippen LogP contribution in [0, 0.1) is 34.9 Å². The van der Waals surface area contributed by atoms with Crippen LogP contribution in [0.2, 0.25) is 0 Å². The summed E-state index contributed by atoms with van der Waals surface area (Å²) in [5.74, 6) is -8.84. The summed E-state index contributed by atoms with van der Waals surface area (Å²) in [7, 11) is 9.40. The fourth-order valence-corrected chi connectivity index (χ4v) is 2.11. The molecule has 0 fully saturated rings. The van der Waals surface area contributed by atoms with Gasteiger partial charge in [0.05, 0.1) is 23.8 Å². The van der Waals surface area contributed by atoms with E-state index in [0.717, 1.165) is 36.7 Å². The minimum atomic E-state index is -1.64. The molecule has 0 saturated carbocycles. The molecule has 2 aromatic carbocycles. The van der Waals surface area contributed by atoms with Crippen molar-refractivity contribution >= 4 is 44.2 Å². The molecule has 0 aliphatic rings. The van der Waals surface area contributed by atoms with Gasteiger partial charge in [-0.05, 0) is 36.4 Å². The van der Waals surface area contributed by atoms with Gasteiger partial charge in [0.2, 0.25) is 0 Å². The molecule has 0 aliphatic carbocycles. The molecular formula is C19H9Cl2F6N3Ni. The monoisotopic (exact) mass is 521 g/mol. The van der Waals surface area contributed by atoms with Gasteiger partial charge in [0.25, 0.3) is 0 Å². The van der Waals surface area contributed by atoms with Gasteiger partial charge in [-0.15, -0.1) is 0 Å². The van der Waals surface area contributed by atoms with Gasteiger partial charge in [0, 0.05) is 0 Å². The van der Waals surface area contributed by atoms with Gasteiger partial charge in [-0.3, -0.25) is 9.98 Å². The maximum absolute atomic E-state index is 13.6. The number of pyridine rings is 1. The van der Waals surface area contributed by atoms with Gasteiger partial charge in [0.15, 0.2) is 34.9 Å². The van der Waals surface area contributed by atoms with E-state index in [0.29, 0.717) is 12.7 Å². The van der Waals surface area contributed by atoms with E-state index in [1.165, 1.54) is 18.2 Å². The third-order valence-electron chi connectivity index (χ3n) is 3.49. The standard InChI is InChI=1S/C19H9F6N3.2ClH.Ni/c20-12-4-6-14(18(24)16(12)22)26-8-10-2-1-3-11(28-10)9-27-15-7-5-13(21)17(23)19(15)25;;;/h1-9H;2*1H;/q;;;+2/p-2. The molecule has 0 N–H and O–H groups in total. The van der Waals surface area contributed by atoms with Crippen LogP contribution >= 0.6 is 20.4 Å². The molecular weight excluding hydrogens is 514 g/mol. The third kappa shape index (κ3) is 6.78. The Balaban J connectivity index is 0.00000107. The molecule has 3 rings (SSSR count). The summed E-state index contributed by atoms with van der Waals surface area (Å²) < 4.78 is 79.4. The molecule has 0 spiro atoms. The number of aliphatic imine (C=N–C) groups is 2. The third-order valence-corrected chi connectivity index (χ3v) is 3.49. The number of rotatable bonds is 4. The van der Waals surface area contributed by atoms with Crippen LogP contribution in [0.1, 0.15) is 11.4 Å². The van der Waals surface area contributed by atoms with Gasteiger partial charge in [0.1, 0.15) is 11.4 Å². The van der Waals surface area contributed by atoms with Crippen molar-refractivity contribution in [2.24, 2.45) is 9.98 Å². The minimum absolute atomic E-state index is 0.207. The Hall–Kier alpha value is -2.42. The summed E-state index contributed by atoms with van der Waals surface area (Å²) in [6.07, 6.45) is 2.20. The van der Waals surface area contributed by atoms with E-state index >= 15 is 0 Å². The Labute approximate surface area is 186 Å². The molecule has 3 aromatic rings. The molecule has 0 saturated heterocycles. The average Bonchev–Trinajstić information content (AvgIpc) is 2.76. The van der Waals surface area contributed by atoms with Crippen molar-refractivity contribution < 1.29 is 39.0 Å². The molecule has 1 heterocycles. The van der Waals surface area contributed by atoms with Crippen LogP contribution in [0.3, 0.4) is 0 Å². The Morgan fingerprint density at radius 2 is 1.03 bits per heavy atom. The number of benzene rings is 2. The van der Waals surface area contributed by atoms with Gasteiger partial charge in [-0.2, -0.15) is 0 Å². The van der Waals surface area contributed by atoms with E-state index in [4.69, 9.17) is 20.4 Å². The van der Waals surface area contributed by atoms with Crippen LogP contribution in [-0.4, -0.2) is 17.4 Å². The summed E-state index contributed by atoms with van der Waals surface area (Å²) in [4.78, 5) is 11.5. The van der Waals surface area contributed by atoms with E-state index in [2.05, 4.69) is 15.0 Å². The topological polar surface area (TPSA) is 37.6 Å². The normalized spacial score (nSPS) is 11.2. The van der Waals surface area contributed by atoms with Crippen LogP contribution in [-0.2, 0) is 12.7 Å². The van der Waals surface area contributed by atoms with Crippen LogP contribution < -0.4 is 0 Å². The summed E-state index contributed by atoms with van der Waals surface area (Å²) in [6.45, 7) is 0. The zero-order valence-electron chi connectivity index (χ0n) is 14.9. The number of hydrogen-bond acceptors (Lipinski definition) is 3. The zero-order chi connectivity index (χ0) is 23.0. The van der Waals surface area contributed by atoms with Crippen molar-refractivity contribution in [2.45, 2.75) is 0 Å². The second-order valence-corrected chi connectivity index (χ2v) is 7.07. The summed E-state index contributed by atoms with van der Waals surface area (Å²) in [5, 5.41) is 0. The van der Waals surface area contributed by atoms with Gasteiger partial charge in [-0.25, -0.2) is 31.3 Å². The first kappa shape index (κ1) is 24.8. The molecule has 0 unspecified atom stereocenters. The SMILES string of the molecule is Fc1ccc(N=Cc2cccc(C=Nc3ccc(F)c(F)c3F)n2)c(F)c1F.[Cl][Ni][Cl]. The molecule has 0 atom stereocenters. The van der Waals surface area contributed by atoms with Crippen LogP contribution in [0.4, 0.5) is 37.7 Å². The van der Waals surface area contributed by atoms with Gasteiger partial charge >= 0.3 is 33.0 Å². The first-order valence-corrected chi connectivity index (χ1v) is 10.6. The first-order valence-electron chi connectivity index (χ1n) is 7.93. The van der Waals surface area contributed by atoms with E-state index in [1.54, 1.807) is 0 Å². The van der Waals surface area contributed by atoms with Crippen molar-refractivity contribution in [3.8, 4) is 0 Å². The molecule has 166 valence electrons. The van der Waals surface area contributed by atoms with Crippen LogP contribution in [0.15, 0.2) is 52.4 Å². The van der Waals surface area contributed by atoms with E-state index in [9.17, 15) is 26.3 Å². The predicted molar refractivity (Wildman–Crippen MR) is 103 cm³/mol.